The first kappa shape index (κ1) is 16.5. The molecule has 0 aliphatic carbocycles. The van der Waals surface area contributed by atoms with Crippen molar-refractivity contribution in [1.82, 2.24) is 0 Å². The Morgan fingerprint density at radius 1 is 1.27 bits per heavy atom. The van der Waals surface area contributed by atoms with E-state index in [9.17, 15) is 9.90 Å². The van der Waals surface area contributed by atoms with E-state index < -0.39 is 12.0 Å². The summed E-state index contributed by atoms with van der Waals surface area (Å²) >= 11 is 11.9. The Balaban J connectivity index is 2.09. The normalized spacial score (nSPS) is 11.8. The number of carbonyl (C=O) groups excluding carboxylic acids is 1. The molecule has 0 spiro atoms. The summed E-state index contributed by atoms with van der Waals surface area (Å²) in [6.45, 7) is 3.44. The summed E-state index contributed by atoms with van der Waals surface area (Å²) in [6, 6.07) is 9.88. The van der Waals surface area contributed by atoms with Crippen LogP contribution in [0.5, 0.6) is 11.5 Å². The molecule has 2 aromatic carbocycles. The van der Waals surface area contributed by atoms with Gasteiger partial charge in [0.2, 0.25) is 0 Å². The number of ether oxygens (including phenoxy) is 1. The van der Waals surface area contributed by atoms with Crippen molar-refractivity contribution in [2.75, 3.05) is 5.32 Å². The summed E-state index contributed by atoms with van der Waals surface area (Å²) < 4.78 is 5.52. The monoisotopic (exact) mass is 339 g/mol. The lowest BCUT2D eigenvalue weighted by Crippen LogP contribution is -2.30. The van der Waals surface area contributed by atoms with E-state index in [1.807, 2.05) is 6.92 Å². The smallest absolute Gasteiger partial charge is 0.265 e. The highest BCUT2D eigenvalue weighted by molar-refractivity contribution is 6.42. The van der Waals surface area contributed by atoms with Crippen LogP contribution in [0.3, 0.4) is 0 Å². The van der Waals surface area contributed by atoms with Crippen LogP contribution in [0.1, 0.15) is 12.5 Å². The molecule has 6 heteroatoms. The van der Waals surface area contributed by atoms with Gasteiger partial charge in [0, 0.05) is 0 Å². The molecule has 0 heterocycles. The van der Waals surface area contributed by atoms with Crippen LogP contribution in [0, 0.1) is 6.92 Å². The fourth-order valence-corrected chi connectivity index (χ4v) is 2.14. The molecule has 0 fully saturated rings. The lowest BCUT2D eigenvalue weighted by atomic mass is 10.2. The highest BCUT2D eigenvalue weighted by Crippen LogP contribution is 2.32. The molecule has 0 bridgehead atoms. The Bertz CT molecular complexity index is 704. The van der Waals surface area contributed by atoms with Crippen LogP contribution in [-0.2, 0) is 4.79 Å². The summed E-state index contributed by atoms with van der Waals surface area (Å²) in [5.41, 5.74) is 1.25. The van der Waals surface area contributed by atoms with Crippen molar-refractivity contribution >= 4 is 34.8 Å². The van der Waals surface area contributed by atoms with Crippen molar-refractivity contribution in [3.63, 3.8) is 0 Å². The zero-order chi connectivity index (χ0) is 16.3. The van der Waals surface area contributed by atoms with Gasteiger partial charge >= 0.3 is 0 Å². The van der Waals surface area contributed by atoms with Gasteiger partial charge in [0.15, 0.2) is 6.10 Å². The third-order valence-electron chi connectivity index (χ3n) is 3.00. The van der Waals surface area contributed by atoms with E-state index in [-0.39, 0.29) is 10.8 Å². The largest absolute Gasteiger partial charge is 0.506 e. The van der Waals surface area contributed by atoms with Crippen molar-refractivity contribution in [3.05, 3.63) is 52.0 Å². The topological polar surface area (TPSA) is 58.6 Å². The van der Waals surface area contributed by atoms with Gasteiger partial charge in [-0.25, -0.2) is 0 Å². The van der Waals surface area contributed by atoms with Crippen LogP contribution in [0.15, 0.2) is 36.4 Å². The fraction of sp³-hybridized carbons (Fsp3) is 0.188. The lowest BCUT2D eigenvalue weighted by Gasteiger charge is -2.16. The minimum absolute atomic E-state index is 0.00746. The number of hydrogen-bond acceptors (Lipinski definition) is 3. The Kier molecular flexibility index (Phi) is 5.16. The minimum Gasteiger partial charge on any atom is -0.506 e. The molecule has 0 aliphatic heterocycles. The Labute approximate surface area is 138 Å². The average Bonchev–Trinajstić information content (AvgIpc) is 2.47. The number of nitrogens with one attached hydrogen (secondary N) is 1. The van der Waals surface area contributed by atoms with E-state index in [0.717, 1.165) is 5.56 Å². The number of aryl methyl sites for hydroxylation is 1. The van der Waals surface area contributed by atoms with Crippen molar-refractivity contribution in [2.24, 2.45) is 0 Å². The van der Waals surface area contributed by atoms with Gasteiger partial charge in [-0.3, -0.25) is 4.79 Å². The molecule has 0 aromatic heterocycles. The maximum absolute atomic E-state index is 12.2. The average molecular weight is 340 g/mol. The molecule has 2 N–H and O–H groups in total. The molecule has 22 heavy (non-hydrogen) atoms. The molecular weight excluding hydrogens is 325 g/mol. The first-order valence-electron chi connectivity index (χ1n) is 6.59. The Hall–Kier alpha value is -1.91. The summed E-state index contributed by atoms with van der Waals surface area (Å²) in [7, 11) is 0. The van der Waals surface area contributed by atoms with Crippen LogP contribution in [-0.4, -0.2) is 17.1 Å². The number of anilines is 1. The molecule has 0 radical (unpaired) electrons. The first-order chi connectivity index (χ1) is 10.4. The number of phenolic OH excluding ortho intramolecular Hbond substituents is 1. The van der Waals surface area contributed by atoms with E-state index in [4.69, 9.17) is 27.9 Å². The van der Waals surface area contributed by atoms with E-state index in [1.54, 1.807) is 37.3 Å². The van der Waals surface area contributed by atoms with Crippen LogP contribution in [0.25, 0.3) is 0 Å². The second-order valence-corrected chi connectivity index (χ2v) is 5.61. The Morgan fingerprint density at radius 3 is 2.73 bits per heavy atom. The van der Waals surface area contributed by atoms with E-state index in [2.05, 4.69) is 5.32 Å². The molecule has 2 rings (SSSR count). The number of carbonyl (C=O) groups is 1. The van der Waals surface area contributed by atoms with Gasteiger partial charge < -0.3 is 15.2 Å². The zero-order valence-electron chi connectivity index (χ0n) is 12.1. The third kappa shape index (κ3) is 3.84. The summed E-state index contributed by atoms with van der Waals surface area (Å²) in [5.74, 6) is -0.0887. The summed E-state index contributed by atoms with van der Waals surface area (Å²) in [5, 5.41) is 13.0. The molecule has 0 saturated heterocycles. The number of rotatable bonds is 4. The van der Waals surface area contributed by atoms with Gasteiger partial charge in [-0.15, -0.1) is 0 Å². The molecule has 1 atom stereocenters. The zero-order valence-corrected chi connectivity index (χ0v) is 13.6. The number of aromatic hydroxyl groups is 1. The highest BCUT2D eigenvalue weighted by atomic mass is 35.5. The van der Waals surface area contributed by atoms with Crippen molar-refractivity contribution < 1.29 is 14.6 Å². The second kappa shape index (κ2) is 6.90. The van der Waals surface area contributed by atoms with Gasteiger partial charge in [0.05, 0.1) is 10.7 Å². The van der Waals surface area contributed by atoms with Crippen molar-refractivity contribution in [1.29, 1.82) is 0 Å². The van der Waals surface area contributed by atoms with Gasteiger partial charge in [-0.05, 0) is 43.7 Å². The van der Waals surface area contributed by atoms with Gasteiger partial charge in [0.1, 0.15) is 16.5 Å². The van der Waals surface area contributed by atoms with Gasteiger partial charge in [-0.2, -0.15) is 0 Å². The maximum Gasteiger partial charge on any atom is 0.265 e. The van der Waals surface area contributed by atoms with Crippen molar-refractivity contribution in [2.45, 2.75) is 20.0 Å². The SMILES string of the molecule is Cc1ccc(O)c(NC(=O)C(C)Oc2cccc(Cl)c2Cl)c1. The predicted molar refractivity (Wildman–Crippen MR) is 88.0 cm³/mol. The molecule has 0 aliphatic rings. The maximum atomic E-state index is 12.2. The predicted octanol–water partition coefficient (Wildman–Crippen LogP) is 4.41. The van der Waals surface area contributed by atoms with Gasteiger partial charge in [-0.1, -0.05) is 35.3 Å². The summed E-state index contributed by atoms with van der Waals surface area (Å²) in [4.78, 5) is 12.2. The summed E-state index contributed by atoms with van der Waals surface area (Å²) in [6.07, 6.45) is -0.809. The highest BCUT2D eigenvalue weighted by Gasteiger charge is 2.18. The number of hydrogen-bond donors (Lipinski definition) is 2. The van der Waals surface area contributed by atoms with Crippen LogP contribution < -0.4 is 10.1 Å². The van der Waals surface area contributed by atoms with E-state index >= 15 is 0 Å². The number of halogens is 2. The van der Waals surface area contributed by atoms with Crippen LogP contribution >= 0.6 is 23.2 Å². The van der Waals surface area contributed by atoms with E-state index in [1.165, 1.54) is 6.07 Å². The quantitative estimate of drug-likeness (QED) is 0.811. The molecule has 1 unspecified atom stereocenters. The fourth-order valence-electron chi connectivity index (χ4n) is 1.80. The Morgan fingerprint density at radius 2 is 2.00 bits per heavy atom. The van der Waals surface area contributed by atoms with E-state index in [0.29, 0.717) is 16.5 Å². The second-order valence-electron chi connectivity index (χ2n) is 4.82. The molecule has 2 aromatic rings. The number of amides is 1. The van der Waals surface area contributed by atoms with Crippen LogP contribution in [0.2, 0.25) is 10.0 Å². The number of benzene rings is 2. The molecular formula is C16H15Cl2NO3. The third-order valence-corrected chi connectivity index (χ3v) is 3.80. The van der Waals surface area contributed by atoms with Crippen LogP contribution in [0.4, 0.5) is 5.69 Å². The standard InChI is InChI=1S/C16H15Cl2NO3/c1-9-6-7-13(20)12(8-9)19-16(21)10(2)22-14-5-3-4-11(17)15(14)18/h3-8,10,20H,1-2H3,(H,19,21). The lowest BCUT2D eigenvalue weighted by molar-refractivity contribution is -0.122. The molecule has 116 valence electrons. The van der Waals surface area contributed by atoms with Gasteiger partial charge in [0.25, 0.3) is 5.91 Å². The molecule has 4 nitrogen and oxygen atoms in total. The number of phenols is 1. The van der Waals surface area contributed by atoms with Crippen molar-refractivity contribution in [3.8, 4) is 11.5 Å². The minimum atomic E-state index is -0.809. The first-order valence-corrected chi connectivity index (χ1v) is 7.35. The molecule has 1 amide bonds. The molecule has 0 saturated carbocycles.